The Morgan fingerprint density at radius 3 is 2.55 bits per heavy atom. The average Bonchev–Trinajstić information content (AvgIpc) is 2.83. The Balaban J connectivity index is 2.14. The van der Waals surface area contributed by atoms with Crippen LogP contribution in [0.3, 0.4) is 0 Å². The number of sulfone groups is 1. The average molecular weight is 303 g/mol. The molecule has 2 aliphatic rings. The van der Waals surface area contributed by atoms with Crippen LogP contribution >= 0.6 is 0 Å². The molecule has 2 heterocycles. The summed E-state index contributed by atoms with van der Waals surface area (Å²) in [6.07, 6.45) is 2.56. The number of aliphatic carboxylic acids is 1. The van der Waals surface area contributed by atoms with Gasteiger partial charge in [-0.1, -0.05) is 13.3 Å². The molecule has 6 nitrogen and oxygen atoms in total. The molecule has 1 N–H and O–H groups in total. The van der Waals surface area contributed by atoms with Gasteiger partial charge in [0.1, 0.15) is 5.25 Å². The number of carbonyl (C=O) groups is 2. The van der Waals surface area contributed by atoms with E-state index in [1.165, 1.54) is 4.90 Å². The van der Waals surface area contributed by atoms with E-state index in [0.717, 1.165) is 6.42 Å². The maximum Gasteiger partial charge on any atom is 0.311 e. The van der Waals surface area contributed by atoms with Crippen LogP contribution in [0.15, 0.2) is 0 Å². The van der Waals surface area contributed by atoms with Gasteiger partial charge in [0.25, 0.3) is 0 Å². The second-order valence-electron chi connectivity index (χ2n) is 5.80. The maximum atomic E-state index is 12.4. The molecule has 0 bridgehead atoms. The summed E-state index contributed by atoms with van der Waals surface area (Å²) in [5.41, 5.74) is -0.909. The third-order valence-electron chi connectivity index (χ3n) is 4.65. The van der Waals surface area contributed by atoms with E-state index in [2.05, 4.69) is 0 Å². The number of hydrogen-bond donors (Lipinski definition) is 1. The molecule has 2 atom stereocenters. The fraction of sp³-hybridized carbons (Fsp3) is 0.846. The molecule has 0 radical (unpaired) electrons. The molecule has 2 unspecified atom stereocenters. The van der Waals surface area contributed by atoms with Crippen LogP contribution in [0, 0.1) is 5.41 Å². The van der Waals surface area contributed by atoms with E-state index in [0.29, 0.717) is 32.2 Å². The molecule has 0 saturated carbocycles. The number of rotatable bonds is 3. The van der Waals surface area contributed by atoms with Gasteiger partial charge in [-0.05, 0) is 25.7 Å². The van der Waals surface area contributed by atoms with Crippen molar-refractivity contribution in [3.8, 4) is 0 Å². The van der Waals surface area contributed by atoms with Crippen molar-refractivity contribution in [2.24, 2.45) is 5.41 Å². The third kappa shape index (κ3) is 2.55. The number of amides is 1. The van der Waals surface area contributed by atoms with Gasteiger partial charge in [0.15, 0.2) is 9.84 Å². The van der Waals surface area contributed by atoms with Crippen molar-refractivity contribution in [2.75, 3.05) is 18.8 Å². The summed E-state index contributed by atoms with van der Waals surface area (Å²) in [4.78, 5) is 25.2. The molecular weight excluding hydrogens is 282 g/mol. The van der Waals surface area contributed by atoms with E-state index >= 15 is 0 Å². The van der Waals surface area contributed by atoms with Crippen molar-refractivity contribution in [1.82, 2.24) is 4.90 Å². The molecule has 0 aromatic heterocycles. The van der Waals surface area contributed by atoms with Gasteiger partial charge in [0.05, 0.1) is 11.2 Å². The Labute approximate surface area is 119 Å². The van der Waals surface area contributed by atoms with E-state index in [4.69, 9.17) is 0 Å². The predicted octanol–water partition coefficient (Wildman–Crippen LogP) is 0.667. The summed E-state index contributed by atoms with van der Waals surface area (Å²) in [5.74, 6) is -1.24. The molecule has 0 aliphatic carbocycles. The summed E-state index contributed by atoms with van der Waals surface area (Å²) >= 11 is 0. The van der Waals surface area contributed by atoms with Gasteiger partial charge < -0.3 is 10.0 Å². The molecule has 2 fully saturated rings. The van der Waals surface area contributed by atoms with Crippen LogP contribution in [0.5, 0.6) is 0 Å². The highest BCUT2D eigenvalue weighted by Gasteiger charge is 2.47. The number of carboxylic acids is 1. The van der Waals surface area contributed by atoms with Crippen molar-refractivity contribution in [1.29, 1.82) is 0 Å². The second kappa shape index (κ2) is 5.35. The molecule has 0 spiro atoms. The molecule has 7 heteroatoms. The molecule has 1 amide bonds. The minimum atomic E-state index is -3.36. The second-order valence-corrected chi connectivity index (χ2v) is 8.10. The van der Waals surface area contributed by atoms with E-state index in [1.807, 2.05) is 0 Å². The topological polar surface area (TPSA) is 91.8 Å². The lowest BCUT2D eigenvalue weighted by molar-refractivity contribution is -0.148. The molecule has 0 aromatic rings. The summed E-state index contributed by atoms with van der Waals surface area (Å²) < 4.78 is 24.0. The number of hydrogen-bond acceptors (Lipinski definition) is 4. The van der Waals surface area contributed by atoms with Gasteiger partial charge in [0.2, 0.25) is 5.91 Å². The first-order valence-corrected chi connectivity index (χ1v) is 8.78. The quantitative estimate of drug-likeness (QED) is 0.827. The van der Waals surface area contributed by atoms with Crippen molar-refractivity contribution in [3.63, 3.8) is 0 Å². The van der Waals surface area contributed by atoms with Crippen molar-refractivity contribution < 1.29 is 23.1 Å². The highest BCUT2D eigenvalue weighted by molar-refractivity contribution is 7.92. The smallest absolute Gasteiger partial charge is 0.311 e. The minimum Gasteiger partial charge on any atom is -0.481 e. The molecule has 2 saturated heterocycles. The molecule has 114 valence electrons. The molecule has 20 heavy (non-hydrogen) atoms. The summed E-state index contributed by atoms with van der Waals surface area (Å²) in [7, 11) is -3.36. The van der Waals surface area contributed by atoms with Gasteiger partial charge in [-0.25, -0.2) is 8.42 Å². The number of nitrogens with zero attached hydrogens (tertiary/aromatic N) is 1. The highest BCUT2D eigenvalue weighted by atomic mass is 32.2. The predicted molar refractivity (Wildman–Crippen MR) is 73.0 cm³/mol. The largest absolute Gasteiger partial charge is 0.481 e. The lowest BCUT2D eigenvalue weighted by atomic mass is 9.84. The zero-order valence-corrected chi connectivity index (χ0v) is 12.5. The zero-order chi connectivity index (χ0) is 15.0. The van der Waals surface area contributed by atoms with Crippen LogP contribution in [-0.2, 0) is 19.4 Å². The summed E-state index contributed by atoms with van der Waals surface area (Å²) in [5, 5.41) is 8.36. The Hall–Kier alpha value is -1.11. The highest BCUT2D eigenvalue weighted by Crippen LogP contribution is 2.35. The fourth-order valence-electron chi connectivity index (χ4n) is 3.11. The van der Waals surface area contributed by atoms with Crippen LogP contribution in [0.25, 0.3) is 0 Å². The Morgan fingerprint density at radius 2 is 2.05 bits per heavy atom. The van der Waals surface area contributed by atoms with Gasteiger partial charge >= 0.3 is 5.97 Å². The maximum absolute atomic E-state index is 12.4. The standard InChI is InChI=1S/C13H21NO5S/c1-2-13(12(16)17)6-7-14(9-13)11(15)10-5-3-4-8-20(10,18)19/h10H,2-9H2,1H3,(H,16,17). The summed E-state index contributed by atoms with van der Waals surface area (Å²) in [6, 6.07) is 0. The SMILES string of the molecule is CCC1(C(=O)O)CCN(C(=O)C2CCCCS2(=O)=O)C1. The van der Waals surface area contributed by atoms with Crippen LogP contribution in [-0.4, -0.2) is 54.4 Å². The first kappa shape index (κ1) is 15.3. The van der Waals surface area contributed by atoms with E-state index in [-0.39, 0.29) is 12.3 Å². The Bertz CT molecular complexity index is 515. The van der Waals surface area contributed by atoms with Crippen molar-refractivity contribution in [2.45, 2.75) is 44.3 Å². The van der Waals surface area contributed by atoms with Crippen LogP contribution in [0.2, 0.25) is 0 Å². The molecule has 0 aromatic carbocycles. The lowest BCUT2D eigenvalue weighted by Crippen LogP contribution is -2.45. The normalized spacial score (nSPS) is 33.0. The molecule has 2 rings (SSSR count). The summed E-state index contributed by atoms with van der Waals surface area (Å²) in [6.45, 7) is 2.26. The van der Waals surface area contributed by atoms with E-state index in [1.54, 1.807) is 6.92 Å². The van der Waals surface area contributed by atoms with Gasteiger partial charge in [0, 0.05) is 13.1 Å². The third-order valence-corrected chi connectivity index (χ3v) is 6.81. The van der Waals surface area contributed by atoms with Crippen molar-refractivity contribution in [3.05, 3.63) is 0 Å². The van der Waals surface area contributed by atoms with Crippen LogP contribution < -0.4 is 0 Å². The first-order valence-electron chi connectivity index (χ1n) is 7.06. The van der Waals surface area contributed by atoms with Crippen LogP contribution in [0.4, 0.5) is 0 Å². The van der Waals surface area contributed by atoms with E-state index < -0.39 is 32.4 Å². The molecule has 2 aliphatic heterocycles. The monoisotopic (exact) mass is 303 g/mol. The van der Waals surface area contributed by atoms with Gasteiger partial charge in [-0.3, -0.25) is 9.59 Å². The number of carboxylic acid groups (broad SMARTS) is 1. The van der Waals surface area contributed by atoms with Gasteiger partial charge in [-0.2, -0.15) is 0 Å². The van der Waals surface area contributed by atoms with Crippen LogP contribution in [0.1, 0.15) is 39.0 Å². The number of carbonyl (C=O) groups excluding carboxylic acids is 1. The minimum absolute atomic E-state index is 0.0646. The lowest BCUT2D eigenvalue weighted by Gasteiger charge is -2.28. The fourth-order valence-corrected chi connectivity index (χ4v) is 4.98. The number of likely N-dealkylation sites (tertiary alicyclic amines) is 1. The Morgan fingerprint density at radius 1 is 1.35 bits per heavy atom. The van der Waals surface area contributed by atoms with Crippen molar-refractivity contribution >= 4 is 21.7 Å². The zero-order valence-electron chi connectivity index (χ0n) is 11.7. The van der Waals surface area contributed by atoms with E-state index in [9.17, 15) is 23.1 Å². The Kier molecular flexibility index (Phi) is 4.09. The first-order chi connectivity index (χ1) is 9.32. The molecular formula is C13H21NO5S. The van der Waals surface area contributed by atoms with Gasteiger partial charge in [-0.15, -0.1) is 0 Å².